The van der Waals surface area contributed by atoms with Crippen LogP contribution in [0.2, 0.25) is 0 Å². The van der Waals surface area contributed by atoms with Gasteiger partial charge in [0.1, 0.15) is 0 Å². The Morgan fingerprint density at radius 1 is 0.386 bits per heavy atom. The minimum absolute atomic E-state index is 0.286. The predicted molar refractivity (Wildman–Crippen MR) is 241 cm³/mol. The molecule has 3 atom stereocenters. The summed E-state index contributed by atoms with van der Waals surface area (Å²) in [6.07, 6.45) is 9.39. The summed E-state index contributed by atoms with van der Waals surface area (Å²) in [7, 11) is -2.68. The molecule has 0 amide bonds. The molecule has 57 heavy (non-hydrogen) atoms. The Morgan fingerprint density at radius 2 is 0.877 bits per heavy atom. The van der Waals surface area contributed by atoms with E-state index in [0.29, 0.717) is 5.92 Å². The Morgan fingerprint density at radius 3 is 1.53 bits per heavy atom. The van der Waals surface area contributed by atoms with Crippen molar-refractivity contribution < 1.29 is 0 Å². The molecule has 11 rings (SSSR count). The fourth-order valence-electron chi connectivity index (χ4n) is 10.8. The number of hydrogen-bond donors (Lipinski definition) is 0. The van der Waals surface area contributed by atoms with Gasteiger partial charge in [0.15, 0.2) is 8.07 Å². The second-order valence-electron chi connectivity index (χ2n) is 15.5. The van der Waals surface area contributed by atoms with E-state index in [1.54, 1.807) is 0 Å². The molecule has 3 unspecified atom stereocenters. The van der Waals surface area contributed by atoms with Crippen LogP contribution in [0.25, 0.3) is 11.1 Å². The molecule has 3 aliphatic carbocycles. The van der Waals surface area contributed by atoms with Crippen molar-refractivity contribution in [3.05, 3.63) is 259 Å². The van der Waals surface area contributed by atoms with Crippen LogP contribution in [0.4, 0.5) is 17.1 Å². The van der Waals surface area contributed by atoms with E-state index in [-0.39, 0.29) is 11.3 Å². The van der Waals surface area contributed by atoms with Gasteiger partial charge in [-0.1, -0.05) is 206 Å². The van der Waals surface area contributed by atoms with Crippen molar-refractivity contribution in [1.82, 2.24) is 0 Å². The zero-order valence-electron chi connectivity index (χ0n) is 31.6. The Labute approximate surface area is 336 Å². The molecular formula is C55H41NSi. The molecule has 0 aromatic heterocycles. The fraction of sp³-hybridized carbons (Fsp3) is 0.0545. The molecule has 0 fully saturated rings. The second kappa shape index (κ2) is 13.5. The van der Waals surface area contributed by atoms with Gasteiger partial charge in [-0.2, -0.15) is 0 Å². The first-order valence-electron chi connectivity index (χ1n) is 20.1. The Hall–Kier alpha value is -6.74. The van der Waals surface area contributed by atoms with Crippen LogP contribution in [0.1, 0.15) is 28.2 Å². The zero-order chi connectivity index (χ0) is 37.8. The molecule has 0 radical (unpaired) electrons. The van der Waals surface area contributed by atoms with Crippen molar-refractivity contribution in [1.29, 1.82) is 0 Å². The molecule has 8 aromatic rings. The molecule has 1 nitrogen and oxygen atoms in total. The van der Waals surface area contributed by atoms with Crippen LogP contribution in [-0.2, 0) is 5.41 Å². The molecule has 1 spiro atoms. The standard InChI is InChI=1S/C55H41NSi/c1-5-20-40(21-6-1)56(41-36-38-45(39-37-41)57(42-22-7-2-8-23-42,43-24-9-3-10-25-43)44-26-11-4-12-27-44)53-35-19-34-52-54(53)48-30-15-18-33-51(48)55(52)49-31-16-13-28-46(49)47-29-14-17-32-50(47)55/h1-39,46,49H. The molecule has 270 valence electrons. The molecule has 0 aliphatic heterocycles. The van der Waals surface area contributed by atoms with Gasteiger partial charge in [-0.05, 0) is 78.9 Å². The van der Waals surface area contributed by atoms with Gasteiger partial charge in [0.2, 0.25) is 0 Å². The van der Waals surface area contributed by atoms with Gasteiger partial charge in [0, 0.05) is 28.8 Å². The summed E-state index contributed by atoms with van der Waals surface area (Å²) < 4.78 is 0. The van der Waals surface area contributed by atoms with Crippen LogP contribution < -0.4 is 25.6 Å². The largest absolute Gasteiger partial charge is 0.310 e. The number of nitrogens with zero attached hydrogens (tertiary/aromatic N) is 1. The average Bonchev–Trinajstić information content (AvgIpc) is 3.77. The number of allylic oxidation sites excluding steroid dienone is 4. The number of anilines is 3. The predicted octanol–water partition coefficient (Wildman–Crippen LogP) is 10.7. The van der Waals surface area contributed by atoms with Crippen LogP contribution in [0.5, 0.6) is 0 Å². The Bertz CT molecular complexity index is 2690. The average molecular weight is 744 g/mol. The summed E-state index contributed by atoms with van der Waals surface area (Å²) in [6, 6.07) is 79.5. The molecule has 8 aromatic carbocycles. The highest BCUT2D eigenvalue weighted by Crippen LogP contribution is 2.66. The van der Waals surface area contributed by atoms with Crippen molar-refractivity contribution in [3.8, 4) is 11.1 Å². The highest BCUT2D eigenvalue weighted by Gasteiger charge is 2.57. The summed E-state index contributed by atoms with van der Waals surface area (Å²) in [5, 5.41) is 5.48. The number of rotatable bonds is 7. The number of benzene rings is 8. The van der Waals surface area contributed by atoms with Gasteiger partial charge in [-0.25, -0.2) is 0 Å². The van der Waals surface area contributed by atoms with E-state index >= 15 is 0 Å². The van der Waals surface area contributed by atoms with Gasteiger partial charge in [0.25, 0.3) is 0 Å². The molecule has 2 heteroatoms. The molecule has 0 saturated carbocycles. The SMILES string of the molecule is C1=CC2c3ccccc3C3(c4ccccc4-c4c(N(c5ccccc5)c5ccc([Si](c6ccccc6)(c6ccccc6)c6ccccc6)cc5)cccc43)C2C=C1. The maximum absolute atomic E-state index is 2.68. The van der Waals surface area contributed by atoms with E-state index in [0.717, 1.165) is 11.4 Å². The topological polar surface area (TPSA) is 3.24 Å². The molecule has 0 bridgehead atoms. The summed E-state index contributed by atoms with van der Waals surface area (Å²) in [6.45, 7) is 0. The molecule has 3 aliphatic rings. The van der Waals surface area contributed by atoms with E-state index in [1.165, 1.54) is 59.8 Å². The quantitative estimate of drug-likeness (QED) is 0.116. The summed E-state index contributed by atoms with van der Waals surface area (Å²) >= 11 is 0. The highest BCUT2D eigenvalue weighted by molar-refractivity contribution is 7.19. The number of para-hydroxylation sites is 1. The monoisotopic (exact) mass is 743 g/mol. The van der Waals surface area contributed by atoms with Crippen LogP contribution >= 0.6 is 0 Å². The van der Waals surface area contributed by atoms with Crippen LogP contribution in [0.15, 0.2) is 237 Å². The molecular weight excluding hydrogens is 703 g/mol. The Balaban J connectivity index is 1.14. The number of fused-ring (bicyclic) bond motifs is 10. The summed E-state index contributed by atoms with van der Waals surface area (Å²) in [5.41, 5.74) is 11.5. The lowest BCUT2D eigenvalue weighted by atomic mass is 9.65. The van der Waals surface area contributed by atoms with Gasteiger partial charge in [0.05, 0.1) is 11.1 Å². The zero-order valence-corrected chi connectivity index (χ0v) is 32.6. The van der Waals surface area contributed by atoms with Crippen molar-refractivity contribution in [2.45, 2.75) is 11.3 Å². The first kappa shape index (κ1) is 33.6. The van der Waals surface area contributed by atoms with Crippen molar-refractivity contribution in [2.75, 3.05) is 4.90 Å². The minimum Gasteiger partial charge on any atom is -0.310 e. The van der Waals surface area contributed by atoms with Crippen molar-refractivity contribution in [2.24, 2.45) is 5.92 Å². The van der Waals surface area contributed by atoms with E-state index < -0.39 is 8.07 Å². The third kappa shape index (κ3) is 4.87. The first-order valence-corrected chi connectivity index (χ1v) is 22.1. The fourth-order valence-corrected chi connectivity index (χ4v) is 15.5. The van der Waals surface area contributed by atoms with Gasteiger partial charge >= 0.3 is 0 Å². The third-order valence-corrected chi connectivity index (χ3v) is 17.7. The van der Waals surface area contributed by atoms with Crippen LogP contribution in [0, 0.1) is 5.92 Å². The van der Waals surface area contributed by atoms with Gasteiger partial charge < -0.3 is 4.90 Å². The Kier molecular flexibility index (Phi) is 7.94. The van der Waals surface area contributed by atoms with Crippen molar-refractivity contribution >= 4 is 45.9 Å². The highest BCUT2D eigenvalue weighted by atomic mass is 28.3. The number of hydrogen-bond acceptors (Lipinski definition) is 1. The maximum Gasteiger partial charge on any atom is 0.179 e. The van der Waals surface area contributed by atoms with Gasteiger partial charge in [-0.3, -0.25) is 0 Å². The summed E-state index contributed by atoms with van der Waals surface area (Å²) in [5.74, 6) is 0.615. The van der Waals surface area contributed by atoms with E-state index in [2.05, 4.69) is 242 Å². The normalized spacial score (nSPS) is 18.5. The van der Waals surface area contributed by atoms with Crippen LogP contribution in [-0.4, -0.2) is 8.07 Å². The van der Waals surface area contributed by atoms with Gasteiger partial charge in [-0.15, -0.1) is 0 Å². The van der Waals surface area contributed by atoms with Crippen molar-refractivity contribution in [3.63, 3.8) is 0 Å². The second-order valence-corrected chi connectivity index (χ2v) is 19.3. The maximum atomic E-state index is 2.49. The molecule has 0 heterocycles. The summed E-state index contributed by atoms with van der Waals surface area (Å²) in [4.78, 5) is 2.49. The van der Waals surface area contributed by atoms with E-state index in [9.17, 15) is 0 Å². The van der Waals surface area contributed by atoms with Crippen LogP contribution in [0.3, 0.4) is 0 Å². The third-order valence-electron chi connectivity index (χ3n) is 12.9. The smallest absolute Gasteiger partial charge is 0.179 e. The lowest BCUT2D eigenvalue weighted by Gasteiger charge is -2.36. The lowest BCUT2D eigenvalue weighted by molar-refractivity contribution is 0.465. The lowest BCUT2D eigenvalue weighted by Crippen LogP contribution is -2.74. The van der Waals surface area contributed by atoms with E-state index in [4.69, 9.17) is 0 Å². The molecule has 0 N–H and O–H groups in total. The molecule has 0 saturated heterocycles. The minimum atomic E-state index is -2.68. The first-order chi connectivity index (χ1) is 28.3. The van der Waals surface area contributed by atoms with E-state index in [1.807, 2.05) is 0 Å².